The van der Waals surface area contributed by atoms with Gasteiger partial charge in [0.15, 0.2) is 11.5 Å². The number of allylic oxidation sites excluding steroid dienone is 2. The van der Waals surface area contributed by atoms with Crippen molar-refractivity contribution in [3.8, 4) is 0 Å². The minimum atomic E-state index is -0.163. The highest BCUT2D eigenvalue weighted by Gasteiger charge is 2.70. The van der Waals surface area contributed by atoms with Crippen LogP contribution >= 0.6 is 0 Å². The number of nitrogens with zero attached hydrogens (tertiary/aromatic N) is 3. The number of Topliss-reactive ketones (excluding diaryl/α,β-unsaturated/α-hetero) is 2. The van der Waals surface area contributed by atoms with Gasteiger partial charge in [0.1, 0.15) is 12.5 Å². The summed E-state index contributed by atoms with van der Waals surface area (Å²) in [5.74, 6) is 0.413. The molecule has 0 aromatic rings. The lowest BCUT2D eigenvalue weighted by molar-refractivity contribution is -0.157. The van der Waals surface area contributed by atoms with Gasteiger partial charge in [0.05, 0.1) is 38.4 Å². The summed E-state index contributed by atoms with van der Waals surface area (Å²) in [5.41, 5.74) is 1.71. The maximum absolute atomic E-state index is 13.6. The molecular formula is C21H25N3O5. The molecule has 6 unspecified atom stereocenters. The Morgan fingerprint density at radius 2 is 1.90 bits per heavy atom. The van der Waals surface area contributed by atoms with E-state index in [0.717, 1.165) is 13.0 Å². The number of hydrogen-bond acceptors (Lipinski definition) is 8. The number of rotatable bonds is 1. The van der Waals surface area contributed by atoms with E-state index < -0.39 is 0 Å². The van der Waals surface area contributed by atoms with E-state index in [-0.39, 0.29) is 47.9 Å². The molecule has 7 aliphatic rings. The Balaban J connectivity index is 1.49. The molecule has 8 heteroatoms. The van der Waals surface area contributed by atoms with Crippen LogP contribution in [0.3, 0.4) is 0 Å². The molecule has 2 bridgehead atoms. The number of hydrogen-bond donors (Lipinski definition) is 0. The number of piperazine rings is 1. The smallest absolute Gasteiger partial charge is 0.226 e. The summed E-state index contributed by atoms with van der Waals surface area (Å²) >= 11 is 0. The fourth-order valence-electron chi connectivity index (χ4n) is 7.60. The van der Waals surface area contributed by atoms with Crippen molar-refractivity contribution in [3.63, 3.8) is 0 Å². The fraction of sp³-hybridized carbons (Fsp3) is 0.714. The van der Waals surface area contributed by atoms with Gasteiger partial charge in [-0.2, -0.15) is 0 Å². The molecular weight excluding hydrogens is 374 g/mol. The van der Waals surface area contributed by atoms with Gasteiger partial charge in [-0.1, -0.05) is 0 Å². The Hall–Kier alpha value is -1.58. The van der Waals surface area contributed by atoms with Crippen LogP contribution in [0.25, 0.3) is 0 Å². The Labute approximate surface area is 169 Å². The minimum Gasteiger partial charge on any atom is -0.492 e. The second kappa shape index (κ2) is 5.36. The summed E-state index contributed by atoms with van der Waals surface area (Å²) in [4.78, 5) is 34.4. The van der Waals surface area contributed by atoms with Crippen molar-refractivity contribution < 1.29 is 23.8 Å². The van der Waals surface area contributed by atoms with Crippen molar-refractivity contribution in [1.82, 2.24) is 14.7 Å². The molecule has 6 heterocycles. The lowest BCUT2D eigenvalue weighted by Crippen LogP contribution is -2.76. The van der Waals surface area contributed by atoms with Gasteiger partial charge in [-0.15, -0.1) is 0 Å². The van der Waals surface area contributed by atoms with Gasteiger partial charge in [-0.3, -0.25) is 24.3 Å². The van der Waals surface area contributed by atoms with Gasteiger partial charge < -0.3 is 14.2 Å². The number of ether oxygens (including phenoxy) is 3. The Kier molecular flexibility index (Phi) is 3.17. The van der Waals surface area contributed by atoms with Crippen LogP contribution in [0.1, 0.15) is 13.3 Å². The summed E-state index contributed by atoms with van der Waals surface area (Å²) < 4.78 is 17.9. The first-order chi connectivity index (χ1) is 14.0. The number of likely N-dealkylation sites (N-methyl/N-ethyl adjacent to an activating group) is 1. The average molecular weight is 399 g/mol. The van der Waals surface area contributed by atoms with E-state index in [1.807, 2.05) is 0 Å². The monoisotopic (exact) mass is 399 g/mol. The van der Waals surface area contributed by atoms with Gasteiger partial charge in [-0.25, -0.2) is 0 Å². The second-order valence-electron chi connectivity index (χ2n) is 9.39. The van der Waals surface area contributed by atoms with Crippen LogP contribution < -0.4 is 0 Å². The van der Waals surface area contributed by atoms with Crippen LogP contribution in [0.4, 0.5) is 0 Å². The normalized spacial score (nSPS) is 48.5. The van der Waals surface area contributed by atoms with E-state index in [4.69, 9.17) is 14.2 Å². The predicted octanol–water partition coefficient (Wildman–Crippen LogP) is -0.493. The van der Waals surface area contributed by atoms with Gasteiger partial charge in [0, 0.05) is 41.3 Å². The summed E-state index contributed by atoms with van der Waals surface area (Å²) in [6, 6.07) is 0.460. The molecule has 0 N–H and O–H groups in total. The molecule has 0 amide bonds. The molecule has 7 rings (SSSR count). The van der Waals surface area contributed by atoms with Crippen LogP contribution in [-0.2, 0) is 23.8 Å². The third kappa shape index (κ3) is 1.73. The average Bonchev–Trinajstić information content (AvgIpc) is 3.40. The maximum atomic E-state index is 13.6. The predicted molar refractivity (Wildman–Crippen MR) is 99.6 cm³/mol. The fourth-order valence-corrected chi connectivity index (χ4v) is 7.60. The van der Waals surface area contributed by atoms with Crippen LogP contribution in [0, 0.1) is 5.92 Å². The minimum absolute atomic E-state index is 0.00929. The number of carbonyl (C=O) groups is 2. The lowest BCUT2D eigenvalue weighted by atomic mass is 9.70. The van der Waals surface area contributed by atoms with Crippen molar-refractivity contribution >= 4 is 11.6 Å². The molecule has 8 nitrogen and oxygen atoms in total. The lowest BCUT2D eigenvalue weighted by Gasteiger charge is -2.60. The van der Waals surface area contributed by atoms with Crippen molar-refractivity contribution in [3.05, 3.63) is 22.5 Å². The van der Waals surface area contributed by atoms with Gasteiger partial charge in [-0.05, 0) is 20.4 Å². The van der Waals surface area contributed by atoms with E-state index in [1.54, 1.807) is 6.92 Å². The standard InChI is InChI=1S/C21H25N3O5/c1-8-17(25)13-12(18(26)19(8)27-3)11-7-29-21-10-6-9-14(22(10)2)16(24(11)21)15(13)23-4-5-28-20(9)23/h9-11,14-16,20-21H,4-7H2,1-3H3/t9-,10-,11?,14?,15?,16?,20?,21?/m0/s1. The topological polar surface area (TPSA) is 71.5 Å². The first kappa shape index (κ1) is 17.1. The maximum Gasteiger partial charge on any atom is 0.226 e. The summed E-state index contributed by atoms with van der Waals surface area (Å²) in [6.07, 6.45) is 1.01. The molecule has 8 atom stereocenters. The van der Waals surface area contributed by atoms with Crippen LogP contribution in [-0.4, -0.2) is 103 Å². The van der Waals surface area contributed by atoms with Crippen molar-refractivity contribution in [1.29, 1.82) is 0 Å². The zero-order valence-electron chi connectivity index (χ0n) is 16.8. The molecule has 1 aliphatic carbocycles. The van der Waals surface area contributed by atoms with E-state index >= 15 is 0 Å². The summed E-state index contributed by atoms with van der Waals surface area (Å²) in [5, 5.41) is 0. The summed E-state index contributed by atoms with van der Waals surface area (Å²) in [6.45, 7) is 3.65. The molecule has 0 aromatic carbocycles. The highest BCUT2D eigenvalue weighted by molar-refractivity contribution is 6.25. The van der Waals surface area contributed by atoms with Crippen LogP contribution in [0.5, 0.6) is 0 Å². The number of ketones is 2. The van der Waals surface area contributed by atoms with E-state index in [2.05, 4.69) is 21.7 Å². The van der Waals surface area contributed by atoms with Crippen LogP contribution in [0.2, 0.25) is 0 Å². The number of fused-ring (bicyclic) bond motifs is 7. The Bertz CT molecular complexity index is 927. The SMILES string of the molecule is COC1=C(C)C(=O)C2=C(C1=O)C1COC3[C@@H]4C[C@@H]5C6OCCN6C2C(C5N4C)N13. The molecule has 0 radical (unpaired) electrons. The van der Waals surface area contributed by atoms with Crippen molar-refractivity contribution in [2.75, 3.05) is 33.9 Å². The molecule has 29 heavy (non-hydrogen) atoms. The molecule has 6 aliphatic heterocycles. The Morgan fingerprint density at radius 1 is 1.07 bits per heavy atom. The zero-order valence-corrected chi connectivity index (χ0v) is 16.8. The highest BCUT2D eigenvalue weighted by Crippen LogP contribution is 2.56. The van der Waals surface area contributed by atoms with E-state index in [9.17, 15) is 9.59 Å². The number of carbonyl (C=O) groups excluding carboxylic acids is 2. The van der Waals surface area contributed by atoms with Gasteiger partial charge >= 0.3 is 0 Å². The van der Waals surface area contributed by atoms with Crippen LogP contribution in [0.15, 0.2) is 22.5 Å². The van der Waals surface area contributed by atoms with E-state index in [1.165, 1.54) is 7.11 Å². The molecule has 5 fully saturated rings. The Morgan fingerprint density at radius 3 is 2.69 bits per heavy atom. The van der Waals surface area contributed by atoms with Crippen molar-refractivity contribution in [2.45, 2.75) is 56.0 Å². The summed E-state index contributed by atoms with van der Waals surface area (Å²) in [7, 11) is 3.66. The molecule has 5 saturated heterocycles. The number of piperidine rings is 1. The first-order valence-corrected chi connectivity index (χ1v) is 10.6. The highest BCUT2D eigenvalue weighted by atomic mass is 16.5. The van der Waals surface area contributed by atoms with Gasteiger partial charge in [0.2, 0.25) is 5.78 Å². The zero-order chi connectivity index (χ0) is 19.8. The largest absolute Gasteiger partial charge is 0.492 e. The van der Waals surface area contributed by atoms with Crippen molar-refractivity contribution in [2.24, 2.45) is 5.92 Å². The third-order valence-electron chi connectivity index (χ3n) is 8.56. The molecule has 154 valence electrons. The molecule has 0 aromatic heterocycles. The first-order valence-electron chi connectivity index (χ1n) is 10.6. The third-order valence-corrected chi connectivity index (χ3v) is 8.56. The number of methoxy groups -OCH3 is 1. The quantitative estimate of drug-likeness (QED) is 0.547. The molecule has 0 saturated carbocycles. The van der Waals surface area contributed by atoms with Gasteiger partial charge in [0.25, 0.3) is 0 Å². The second-order valence-corrected chi connectivity index (χ2v) is 9.39. The molecule has 0 spiro atoms. The van der Waals surface area contributed by atoms with E-state index in [0.29, 0.717) is 47.9 Å².